The van der Waals surface area contributed by atoms with Gasteiger partial charge in [-0.15, -0.1) is 5.10 Å². The molecule has 13 heavy (non-hydrogen) atoms. The van der Waals surface area contributed by atoms with Gasteiger partial charge in [-0.25, -0.2) is 4.39 Å². The normalized spacial score (nSPS) is 10.3. The van der Waals surface area contributed by atoms with Gasteiger partial charge in [0.25, 0.3) is 0 Å². The Balaban J connectivity index is 2.77. The second kappa shape index (κ2) is 2.97. The van der Waals surface area contributed by atoms with E-state index >= 15 is 0 Å². The molecule has 0 aliphatic rings. The van der Waals surface area contributed by atoms with Gasteiger partial charge >= 0.3 is 0 Å². The van der Waals surface area contributed by atoms with Crippen LogP contribution in [0.15, 0.2) is 24.4 Å². The molecule has 0 saturated heterocycles. The number of fused-ring (bicyclic) bond motifs is 1. The molecule has 0 fully saturated rings. The van der Waals surface area contributed by atoms with Crippen molar-refractivity contribution in [3.63, 3.8) is 0 Å². The fraction of sp³-hybridized carbons (Fsp3) is 0.111. The Kier molecular flexibility index (Phi) is 1.81. The van der Waals surface area contributed by atoms with Gasteiger partial charge in [-0.1, -0.05) is 0 Å². The average Bonchev–Trinajstić information content (AvgIpc) is 2.16. The van der Waals surface area contributed by atoms with Crippen molar-refractivity contribution in [2.24, 2.45) is 0 Å². The molecule has 3 nitrogen and oxygen atoms in total. The van der Waals surface area contributed by atoms with Gasteiger partial charge in [0.1, 0.15) is 5.82 Å². The Hall–Kier alpha value is -1.71. The SMILES string of the molecule is COc1nncc2cc(F)ccc12. The molecule has 0 aliphatic heterocycles. The summed E-state index contributed by atoms with van der Waals surface area (Å²) in [4.78, 5) is 0. The molecule has 0 unspecified atom stereocenters. The van der Waals surface area contributed by atoms with Gasteiger partial charge in [0, 0.05) is 10.8 Å². The highest BCUT2D eigenvalue weighted by Crippen LogP contribution is 2.21. The molecule has 1 aromatic carbocycles. The van der Waals surface area contributed by atoms with E-state index in [9.17, 15) is 4.39 Å². The summed E-state index contributed by atoms with van der Waals surface area (Å²) in [6.07, 6.45) is 1.50. The Morgan fingerprint density at radius 1 is 1.38 bits per heavy atom. The molecule has 0 N–H and O–H groups in total. The van der Waals surface area contributed by atoms with Crippen LogP contribution in [0.5, 0.6) is 5.88 Å². The van der Waals surface area contributed by atoms with Crippen LogP contribution in [0.2, 0.25) is 0 Å². The summed E-state index contributed by atoms with van der Waals surface area (Å²) < 4.78 is 17.8. The number of nitrogens with zero attached hydrogens (tertiary/aromatic N) is 2. The lowest BCUT2D eigenvalue weighted by Crippen LogP contribution is -1.91. The third-order valence-electron chi connectivity index (χ3n) is 1.78. The number of benzene rings is 1. The fourth-order valence-electron chi connectivity index (χ4n) is 1.18. The number of halogens is 1. The van der Waals surface area contributed by atoms with Crippen molar-refractivity contribution < 1.29 is 9.13 Å². The van der Waals surface area contributed by atoms with Crippen LogP contribution < -0.4 is 4.74 Å². The minimum absolute atomic E-state index is 0.289. The summed E-state index contributed by atoms with van der Waals surface area (Å²) in [5.74, 6) is 0.125. The molecule has 0 atom stereocenters. The first kappa shape index (κ1) is 7.91. The third kappa shape index (κ3) is 1.30. The lowest BCUT2D eigenvalue weighted by molar-refractivity contribution is 0.398. The standard InChI is InChI=1S/C9H7FN2O/c1-13-9-8-3-2-7(10)4-6(8)5-11-12-9/h2-5H,1H3. The zero-order valence-corrected chi connectivity index (χ0v) is 6.99. The molecule has 2 aromatic rings. The van der Waals surface area contributed by atoms with E-state index in [-0.39, 0.29) is 5.82 Å². The van der Waals surface area contributed by atoms with E-state index in [1.54, 1.807) is 6.07 Å². The monoisotopic (exact) mass is 178 g/mol. The van der Waals surface area contributed by atoms with Crippen LogP contribution in [0.4, 0.5) is 4.39 Å². The van der Waals surface area contributed by atoms with Crippen molar-refractivity contribution in [3.8, 4) is 5.88 Å². The Morgan fingerprint density at radius 3 is 3.00 bits per heavy atom. The number of ether oxygens (including phenoxy) is 1. The molecule has 0 radical (unpaired) electrons. The number of methoxy groups -OCH3 is 1. The van der Waals surface area contributed by atoms with Crippen molar-refractivity contribution in [1.29, 1.82) is 0 Å². The van der Waals surface area contributed by atoms with Crippen molar-refractivity contribution in [2.75, 3.05) is 7.11 Å². The lowest BCUT2D eigenvalue weighted by atomic mass is 10.2. The zero-order valence-electron chi connectivity index (χ0n) is 6.99. The first-order chi connectivity index (χ1) is 6.31. The van der Waals surface area contributed by atoms with Gasteiger partial charge in [0.2, 0.25) is 5.88 Å². The van der Waals surface area contributed by atoms with E-state index in [2.05, 4.69) is 10.2 Å². The third-order valence-corrected chi connectivity index (χ3v) is 1.78. The van der Waals surface area contributed by atoms with E-state index in [1.807, 2.05) is 0 Å². The number of rotatable bonds is 1. The van der Waals surface area contributed by atoms with Crippen molar-refractivity contribution in [3.05, 3.63) is 30.2 Å². The summed E-state index contributed by atoms with van der Waals surface area (Å²) >= 11 is 0. The maximum absolute atomic E-state index is 12.8. The van der Waals surface area contributed by atoms with Gasteiger partial charge < -0.3 is 4.74 Å². The van der Waals surface area contributed by atoms with E-state index in [0.717, 1.165) is 5.39 Å². The number of hydrogen-bond donors (Lipinski definition) is 0. The highest BCUT2D eigenvalue weighted by atomic mass is 19.1. The van der Waals surface area contributed by atoms with Crippen molar-refractivity contribution in [1.82, 2.24) is 10.2 Å². The summed E-state index contributed by atoms with van der Waals surface area (Å²) in [5.41, 5.74) is 0. The quantitative estimate of drug-likeness (QED) is 0.667. The van der Waals surface area contributed by atoms with E-state index < -0.39 is 0 Å². The maximum Gasteiger partial charge on any atom is 0.241 e. The van der Waals surface area contributed by atoms with Crippen LogP contribution in [0.25, 0.3) is 10.8 Å². The lowest BCUT2D eigenvalue weighted by Gasteiger charge is -2.01. The van der Waals surface area contributed by atoms with Gasteiger partial charge in [-0.3, -0.25) is 0 Å². The smallest absolute Gasteiger partial charge is 0.241 e. The van der Waals surface area contributed by atoms with E-state index in [1.165, 1.54) is 25.4 Å². The Morgan fingerprint density at radius 2 is 2.23 bits per heavy atom. The second-order valence-corrected chi connectivity index (χ2v) is 2.59. The van der Waals surface area contributed by atoms with Crippen molar-refractivity contribution in [2.45, 2.75) is 0 Å². The summed E-state index contributed by atoms with van der Waals surface area (Å²) in [7, 11) is 1.51. The van der Waals surface area contributed by atoms with Crippen molar-refractivity contribution >= 4 is 10.8 Å². The molecule has 0 spiro atoms. The van der Waals surface area contributed by atoms with Gasteiger partial charge in [0.05, 0.1) is 13.3 Å². The molecule has 0 bridgehead atoms. The minimum atomic E-state index is -0.289. The summed E-state index contributed by atoms with van der Waals surface area (Å²) in [5, 5.41) is 8.89. The van der Waals surface area contributed by atoms with Crippen LogP contribution in [-0.4, -0.2) is 17.3 Å². The van der Waals surface area contributed by atoms with E-state index in [0.29, 0.717) is 11.3 Å². The van der Waals surface area contributed by atoms with E-state index in [4.69, 9.17) is 4.74 Å². The molecule has 0 saturated carbocycles. The molecule has 66 valence electrons. The Bertz CT molecular complexity index is 445. The maximum atomic E-state index is 12.8. The van der Waals surface area contributed by atoms with Crippen LogP contribution >= 0.6 is 0 Å². The van der Waals surface area contributed by atoms with Gasteiger partial charge in [-0.05, 0) is 18.2 Å². The predicted octanol–water partition coefficient (Wildman–Crippen LogP) is 1.78. The largest absolute Gasteiger partial charge is 0.479 e. The first-order valence-corrected chi connectivity index (χ1v) is 3.76. The topological polar surface area (TPSA) is 35.0 Å². The zero-order chi connectivity index (χ0) is 9.26. The van der Waals surface area contributed by atoms with Gasteiger partial charge in [-0.2, -0.15) is 5.10 Å². The summed E-state index contributed by atoms with van der Waals surface area (Å²) in [6.45, 7) is 0. The highest BCUT2D eigenvalue weighted by Gasteiger charge is 2.03. The highest BCUT2D eigenvalue weighted by molar-refractivity contribution is 5.85. The number of hydrogen-bond acceptors (Lipinski definition) is 3. The number of aromatic nitrogens is 2. The van der Waals surface area contributed by atoms with Crippen LogP contribution in [0.3, 0.4) is 0 Å². The molecule has 2 rings (SSSR count). The molecule has 0 aliphatic carbocycles. The molecular weight excluding hydrogens is 171 g/mol. The Labute approximate surface area is 74.2 Å². The molecular formula is C9H7FN2O. The van der Waals surface area contributed by atoms with Gasteiger partial charge in [0.15, 0.2) is 0 Å². The van der Waals surface area contributed by atoms with Crippen LogP contribution in [0, 0.1) is 5.82 Å². The molecule has 1 heterocycles. The average molecular weight is 178 g/mol. The molecule has 0 amide bonds. The fourth-order valence-corrected chi connectivity index (χ4v) is 1.18. The van der Waals surface area contributed by atoms with Crippen LogP contribution in [0.1, 0.15) is 0 Å². The molecule has 1 aromatic heterocycles. The minimum Gasteiger partial charge on any atom is -0.479 e. The second-order valence-electron chi connectivity index (χ2n) is 2.59. The summed E-state index contributed by atoms with van der Waals surface area (Å²) in [6, 6.07) is 4.39. The first-order valence-electron chi connectivity index (χ1n) is 3.76. The predicted molar refractivity (Wildman–Crippen MR) is 46.0 cm³/mol. The molecule has 4 heteroatoms. The van der Waals surface area contributed by atoms with Crippen LogP contribution in [-0.2, 0) is 0 Å².